The Morgan fingerprint density at radius 2 is 2.36 bits per heavy atom. The second kappa shape index (κ2) is 3.81. The first-order valence-corrected chi connectivity index (χ1v) is 4.93. The normalized spacial score (nSPS) is 20.7. The first-order valence-electron chi connectivity index (χ1n) is 4.93. The Labute approximate surface area is 84.1 Å². The molecule has 1 aromatic rings. The summed E-state index contributed by atoms with van der Waals surface area (Å²) in [6.45, 7) is 2.82. The van der Waals surface area contributed by atoms with E-state index in [1.54, 1.807) is 0 Å². The van der Waals surface area contributed by atoms with Crippen LogP contribution in [0.5, 0.6) is 0 Å². The zero-order chi connectivity index (χ0) is 9.97. The van der Waals surface area contributed by atoms with Crippen LogP contribution in [0, 0.1) is 18.3 Å². The van der Waals surface area contributed by atoms with Crippen LogP contribution >= 0.6 is 0 Å². The number of aryl methyl sites for hydroxylation is 1. The molecule has 0 amide bonds. The lowest BCUT2D eigenvalue weighted by atomic mass is 9.99. The van der Waals surface area contributed by atoms with E-state index in [1.165, 1.54) is 0 Å². The standard InChI is InChI=1S/C12H13NO/c1-9-4-5-11(10(7-9)8-13)12-3-2-6-14-12/h4-5,7,12H,2-3,6H2,1H3/t12-/m1/s1. The number of benzene rings is 1. The van der Waals surface area contributed by atoms with Gasteiger partial charge in [0.15, 0.2) is 0 Å². The number of rotatable bonds is 1. The maximum atomic E-state index is 9.00. The van der Waals surface area contributed by atoms with E-state index in [9.17, 15) is 0 Å². The summed E-state index contributed by atoms with van der Waals surface area (Å²) in [4.78, 5) is 0. The minimum atomic E-state index is 0.144. The summed E-state index contributed by atoms with van der Waals surface area (Å²) in [7, 11) is 0. The van der Waals surface area contributed by atoms with Crippen molar-refractivity contribution in [2.75, 3.05) is 6.61 Å². The predicted molar refractivity (Wildman–Crippen MR) is 53.8 cm³/mol. The van der Waals surface area contributed by atoms with Crippen molar-refractivity contribution in [1.29, 1.82) is 5.26 Å². The molecule has 0 aliphatic carbocycles. The largest absolute Gasteiger partial charge is 0.373 e. The van der Waals surface area contributed by atoms with Crippen molar-refractivity contribution in [1.82, 2.24) is 0 Å². The van der Waals surface area contributed by atoms with Crippen LogP contribution in [-0.2, 0) is 4.74 Å². The van der Waals surface area contributed by atoms with Crippen molar-refractivity contribution in [3.05, 3.63) is 34.9 Å². The second-order valence-electron chi connectivity index (χ2n) is 3.70. The van der Waals surface area contributed by atoms with E-state index in [0.29, 0.717) is 0 Å². The summed E-state index contributed by atoms with van der Waals surface area (Å²) in [6.07, 6.45) is 2.28. The molecule has 0 bridgehead atoms. The summed E-state index contributed by atoms with van der Waals surface area (Å²) in [5, 5.41) is 9.00. The molecule has 2 rings (SSSR count). The highest BCUT2D eigenvalue weighted by Gasteiger charge is 2.20. The van der Waals surface area contributed by atoms with Gasteiger partial charge < -0.3 is 4.74 Å². The molecule has 0 spiro atoms. The lowest BCUT2D eigenvalue weighted by Gasteiger charge is -2.11. The summed E-state index contributed by atoms with van der Waals surface area (Å²) in [6, 6.07) is 8.22. The van der Waals surface area contributed by atoms with Crippen LogP contribution in [-0.4, -0.2) is 6.61 Å². The maximum Gasteiger partial charge on any atom is 0.0995 e. The molecule has 1 saturated heterocycles. The SMILES string of the molecule is Cc1ccc([C@H]2CCCO2)c(C#N)c1. The van der Waals surface area contributed by atoms with E-state index in [-0.39, 0.29) is 6.10 Å². The van der Waals surface area contributed by atoms with Crippen molar-refractivity contribution in [2.24, 2.45) is 0 Å². The molecule has 1 aliphatic rings. The van der Waals surface area contributed by atoms with Crippen LogP contribution in [0.1, 0.15) is 35.6 Å². The lowest BCUT2D eigenvalue weighted by Crippen LogP contribution is -1.99. The molecule has 0 saturated carbocycles. The van der Waals surface area contributed by atoms with E-state index in [4.69, 9.17) is 10.00 Å². The summed E-state index contributed by atoms with van der Waals surface area (Å²) in [5.41, 5.74) is 2.94. The molecule has 72 valence electrons. The molecule has 1 heterocycles. The highest BCUT2D eigenvalue weighted by atomic mass is 16.5. The zero-order valence-corrected chi connectivity index (χ0v) is 8.29. The molecular formula is C12H13NO. The van der Waals surface area contributed by atoms with Crippen molar-refractivity contribution < 1.29 is 4.74 Å². The van der Waals surface area contributed by atoms with E-state index < -0.39 is 0 Å². The average Bonchev–Trinajstić information content (AvgIpc) is 2.70. The van der Waals surface area contributed by atoms with Gasteiger partial charge in [0.25, 0.3) is 0 Å². The third-order valence-corrected chi connectivity index (χ3v) is 2.61. The van der Waals surface area contributed by atoms with Gasteiger partial charge in [0.2, 0.25) is 0 Å². The van der Waals surface area contributed by atoms with Gasteiger partial charge >= 0.3 is 0 Å². The molecular weight excluding hydrogens is 174 g/mol. The molecule has 2 heteroatoms. The Bertz CT molecular complexity index is 372. The van der Waals surface area contributed by atoms with Gasteiger partial charge in [-0.25, -0.2) is 0 Å². The van der Waals surface area contributed by atoms with Gasteiger partial charge in [-0.3, -0.25) is 0 Å². The van der Waals surface area contributed by atoms with Crippen LogP contribution in [0.15, 0.2) is 18.2 Å². The highest BCUT2D eigenvalue weighted by molar-refractivity contribution is 5.41. The average molecular weight is 187 g/mol. The van der Waals surface area contributed by atoms with E-state index >= 15 is 0 Å². The van der Waals surface area contributed by atoms with Crippen LogP contribution in [0.2, 0.25) is 0 Å². The minimum absolute atomic E-state index is 0.144. The minimum Gasteiger partial charge on any atom is -0.373 e. The fraction of sp³-hybridized carbons (Fsp3) is 0.417. The van der Waals surface area contributed by atoms with Gasteiger partial charge in [0, 0.05) is 6.61 Å². The quantitative estimate of drug-likeness (QED) is 0.677. The van der Waals surface area contributed by atoms with Crippen molar-refractivity contribution in [3.8, 4) is 6.07 Å². The number of nitrogens with zero attached hydrogens (tertiary/aromatic N) is 1. The Balaban J connectivity index is 2.37. The molecule has 0 aromatic heterocycles. The fourth-order valence-corrected chi connectivity index (χ4v) is 1.87. The number of hydrogen-bond donors (Lipinski definition) is 0. The van der Waals surface area contributed by atoms with Gasteiger partial charge in [-0.2, -0.15) is 5.26 Å². The van der Waals surface area contributed by atoms with E-state index in [1.807, 2.05) is 25.1 Å². The Hall–Kier alpha value is -1.33. The Morgan fingerprint density at radius 3 is 3.00 bits per heavy atom. The maximum absolute atomic E-state index is 9.00. The predicted octanol–water partition coefficient (Wildman–Crippen LogP) is 2.72. The first-order chi connectivity index (χ1) is 6.81. The van der Waals surface area contributed by atoms with Gasteiger partial charge in [-0.05, 0) is 37.0 Å². The Kier molecular flexibility index (Phi) is 2.51. The number of nitriles is 1. The molecule has 0 radical (unpaired) electrons. The van der Waals surface area contributed by atoms with Gasteiger partial charge in [-0.15, -0.1) is 0 Å². The van der Waals surface area contributed by atoms with Crippen LogP contribution in [0.25, 0.3) is 0 Å². The summed E-state index contributed by atoms with van der Waals surface area (Å²) >= 11 is 0. The van der Waals surface area contributed by atoms with Gasteiger partial charge in [0.05, 0.1) is 17.7 Å². The van der Waals surface area contributed by atoms with Crippen molar-refractivity contribution in [3.63, 3.8) is 0 Å². The molecule has 2 nitrogen and oxygen atoms in total. The third-order valence-electron chi connectivity index (χ3n) is 2.61. The highest BCUT2D eigenvalue weighted by Crippen LogP contribution is 2.30. The second-order valence-corrected chi connectivity index (χ2v) is 3.70. The van der Waals surface area contributed by atoms with E-state index in [0.717, 1.165) is 36.1 Å². The number of ether oxygens (including phenoxy) is 1. The number of hydrogen-bond acceptors (Lipinski definition) is 2. The topological polar surface area (TPSA) is 33.0 Å². The smallest absolute Gasteiger partial charge is 0.0995 e. The van der Waals surface area contributed by atoms with Crippen molar-refractivity contribution in [2.45, 2.75) is 25.9 Å². The van der Waals surface area contributed by atoms with Crippen LogP contribution < -0.4 is 0 Å². The zero-order valence-electron chi connectivity index (χ0n) is 8.29. The lowest BCUT2D eigenvalue weighted by molar-refractivity contribution is 0.112. The summed E-state index contributed by atoms with van der Waals surface area (Å²) in [5.74, 6) is 0. The van der Waals surface area contributed by atoms with Crippen molar-refractivity contribution >= 4 is 0 Å². The molecule has 14 heavy (non-hydrogen) atoms. The molecule has 1 atom stereocenters. The van der Waals surface area contributed by atoms with Gasteiger partial charge in [-0.1, -0.05) is 12.1 Å². The van der Waals surface area contributed by atoms with E-state index in [2.05, 4.69) is 6.07 Å². The fourth-order valence-electron chi connectivity index (χ4n) is 1.87. The molecule has 0 unspecified atom stereocenters. The third kappa shape index (κ3) is 1.64. The van der Waals surface area contributed by atoms with Crippen LogP contribution in [0.3, 0.4) is 0 Å². The monoisotopic (exact) mass is 187 g/mol. The Morgan fingerprint density at radius 1 is 1.50 bits per heavy atom. The molecule has 1 fully saturated rings. The van der Waals surface area contributed by atoms with Gasteiger partial charge in [0.1, 0.15) is 0 Å². The van der Waals surface area contributed by atoms with Crippen LogP contribution in [0.4, 0.5) is 0 Å². The molecule has 1 aromatic carbocycles. The first kappa shape index (κ1) is 9.23. The molecule has 0 N–H and O–H groups in total. The molecule has 1 aliphatic heterocycles. The summed E-state index contributed by atoms with van der Waals surface area (Å²) < 4.78 is 5.57.